The molecule has 0 unspecified atom stereocenters. The lowest BCUT2D eigenvalue weighted by Gasteiger charge is -2.55. The standard InChI is InChI=1S/C21H44N2/c1-6-7-8-9-10-11-12-13-14-15-16-23-20(2,3)17-19(22)18-21(23,4)5/h19H,6-18,22H2,1-5H3. The van der Waals surface area contributed by atoms with Crippen LogP contribution in [0.3, 0.4) is 0 Å². The minimum absolute atomic E-state index is 0.250. The van der Waals surface area contributed by atoms with Gasteiger partial charge in [0.05, 0.1) is 0 Å². The Morgan fingerprint density at radius 3 is 1.57 bits per heavy atom. The van der Waals surface area contributed by atoms with Crippen molar-refractivity contribution in [1.82, 2.24) is 4.90 Å². The van der Waals surface area contributed by atoms with Crippen molar-refractivity contribution in [2.24, 2.45) is 5.73 Å². The van der Waals surface area contributed by atoms with E-state index >= 15 is 0 Å². The lowest BCUT2D eigenvalue weighted by molar-refractivity contribution is -0.0355. The summed E-state index contributed by atoms with van der Waals surface area (Å²) in [5.74, 6) is 0. The normalized spacial score (nSPS) is 21.7. The Hall–Kier alpha value is -0.0800. The van der Waals surface area contributed by atoms with Crippen molar-refractivity contribution < 1.29 is 0 Å². The number of rotatable bonds is 11. The van der Waals surface area contributed by atoms with Crippen molar-refractivity contribution in [3.05, 3.63) is 0 Å². The fourth-order valence-electron chi connectivity index (χ4n) is 4.76. The molecular weight excluding hydrogens is 280 g/mol. The van der Waals surface area contributed by atoms with E-state index in [9.17, 15) is 0 Å². The van der Waals surface area contributed by atoms with Gasteiger partial charge in [-0.05, 0) is 53.5 Å². The van der Waals surface area contributed by atoms with Crippen LogP contribution in [0.2, 0.25) is 0 Å². The van der Waals surface area contributed by atoms with E-state index in [-0.39, 0.29) is 11.1 Å². The molecule has 1 rings (SSSR count). The van der Waals surface area contributed by atoms with Crippen molar-refractivity contribution in [2.75, 3.05) is 6.54 Å². The van der Waals surface area contributed by atoms with Crippen LogP contribution in [0.4, 0.5) is 0 Å². The Kier molecular flexibility index (Phi) is 9.15. The summed E-state index contributed by atoms with van der Waals surface area (Å²) in [4.78, 5) is 2.73. The first-order valence-electron chi connectivity index (χ1n) is 10.3. The Labute approximate surface area is 146 Å². The second-order valence-corrected chi connectivity index (χ2v) is 9.13. The first-order chi connectivity index (χ1) is 10.8. The van der Waals surface area contributed by atoms with Gasteiger partial charge in [-0.2, -0.15) is 0 Å². The van der Waals surface area contributed by atoms with Gasteiger partial charge in [0.1, 0.15) is 0 Å². The minimum Gasteiger partial charge on any atom is -0.328 e. The third-order valence-electron chi connectivity index (χ3n) is 5.72. The molecule has 0 amide bonds. The van der Waals surface area contributed by atoms with Crippen LogP contribution >= 0.6 is 0 Å². The summed E-state index contributed by atoms with van der Waals surface area (Å²) in [5, 5.41) is 0. The Bertz CT molecular complexity index is 291. The molecule has 2 nitrogen and oxygen atoms in total. The SMILES string of the molecule is CCCCCCCCCCCCN1C(C)(C)CC(N)CC1(C)C. The number of hydrogen-bond acceptors (Lipinski definition) is 2. The maximum Gasteiger partial charge on any atom is 0.0173 e. The second kappa shape index (κ2) is 10.0. The molecule has 138 valence electrons. The van der Waals surface area contributed by atoms with E-state index in [0.29, 0.717) is 6.04 Å². The lowest BCUT2D eigenvalue weighted by Crippen LogP contribution is -2.63. The Morgan fingerprint density at radius 2 is 1.13 bits per heavy atom. The summed E-state index contributed by atoms with van der Waals surface area (Å²) in [7, 11) is 0. The van der Waals surface area contributed by atoms with Crippen molar-refractivity contribution in [3.63, 3.8) is 0 Å². The lowest BCUT2D eigenvalue weighted by atomic mass is 9.77. The molecule has 0 atom stereocenters. The van der Waals surface area contributed by atoms with Crippen LogP contribution in [0.25, 0.3) is 0 Å². The number of nitrogens with two attached hydrogens (primary N) is 1. The van der Waals surface area contributed by atoms with Gasteiger partial charge >= 0.3 is 0 Å². The summed E-state index contributed by atoms with van der Waals surface area (Å²) >= 11 is 0. The van der Waals surface area contributed by atoms with E-state index in [1.54, 1.807) is 0 Å². The third kappa shape index (κ3) is 7.56. The molecule has 0 bridgehead atoms. The van der Waals surface area contributed by atoms with Crippen LogP contribution in [0.15, 0.2) is 0 Å². The maximum atomic E-state index is 6.27. The van der Waals surface area contributed by atoms with Crippen LogP contribution in [-0.4, -0.2) is 28.6 Å². The van der Waals surface area contributed by atoms with Gasteiger partial charge < -0.3 is 5.73 Å². The molecule has 0 aromatic heterocycles. The fourth-order valence-corrected chi connectivity index (χ4v) is 4.76. The topological polar surface area (TPSA) is 29.3 Å². The molecule has 1 heterocycles. The van der Waals surface area contributed by atoms with Crippen molar-refractivity contribution >= 4 is 0 Å². The highest BCUT2D eigenvalue weighted by atomic mass is 15.3. The highest BCUT2D eigenvalue weighted by Crippen LogP contribution is 2.37. The Balaban J connectivity index is 2.14. The van der Waals surface area contributed by atoms with Crippen LogP contribution in [0, 0.1) is 0 Å². The van der Waals surface area contributed by atoms with E-state index in [1.165, 1.54) is 70.8 Å². The van der Waals surface area contributed by atoms with Crippen LogP contribution in [-0.2, 0) is 0 Å². The van der Waals surface area contributed by atoms with Crippen LogP contribution in [0.1, 0.15) is 112 Å². The fraction of sp³-hybridized carbons (Fsp3) is 1.00. The van der Waals surface area contributed by atoms with Crippen molar-refractivity contribution in [3.8, 4) is 0 Å². The van der Waals surface area contributed by atoms with Gasteiger partial charge in [0.15, 0.2) is 0 Å². The molecule has 0 radical (unpaired) electrons. The van der Waals surface area contributed by atoms with E-state index in [0.717, 1.165) is 12.8 Å². The molecule has 0 aliphatic carbocycles. The van der Waals surface area contributed by atoms with Gasteiger partial charge in [-0.1, -0.05) is 64.7 Å². The maximum absolute atomic E-state index is 6.27. The number of nitrogens with zero attached hydrogens (tertiary/aromatic N) is 1. The largest absolute Gasteiger partial charge is 0.328 e. The van der Waals surface area contributed by atoms with Gasteiger partial charge in [-0.3, -0.25) is 4.90 Å². The zero-order valence-corrected chi connectivity index (χ0v) is 16.8. The van der Waals surface area contributed by atoms with E-state index in [4.69, 9.17) is 5.73 Å². The molecular formula is C21H44N2. The van der Waals surface area contributed by atoms with Crippen molar-refractivity contribution in [1.29, 1.82) is 0 Å². The molecule has 1 aliphatic heterocycles. The molecule has 2 heteroatoms. The molecule has 1 fully saturated rings. The smallest absolute Gasteiger partial charge is 0.0173 e. The summed E-state index contributed by atoms with van der Waals surface area (Å²) in [5.41, 5.74) is 6.78. The minimum atomic E-state index is 0.250. The Morgan fingerprint density at radius 1 is 0.739 bits per heavy atom. The summed E-state index contributed by atoms with van der Waals surface area (Å²) in [6.07, 6.45) is 16.4. The third-order valence-corrected chi connectivity index (χ3v) is 5.72. The predicted molar refractivity (Wildman–Crippen MR) is 104 cm³/mol. The van der Waals surface area contributed by atoms with Crippen molar-refractivity contribution in [2.45, 2.75) is 129 Å². The van der Waals surface area contributed by atoms with Crippen LogP contribution < -0.4 is 5.73 Å². The van der Waals surface area contributed by atoms with E-state index < -0.39 is 0 Å². The monoisotopic (exact) mass is 324 g/mol. The summed E-state index contributed by atoms with van der Waals surface area (Å²) in [6.45, 7) is 13.0. The van der Waals surface area contributed by atoms with Gasteiger partial charge in [0.2, 0.25) is 0 Å². The molecule has 0 saturated carbocycles. The number of unbranched alkanes of at least 4 members (excludes halogenated alkanes) is 9. The number of hydrogen-bond donors (Lipinski definition) is 1. The van der Waals surface area contributed by atoms with Crippen LogP contribution in [0.5, 0.6) is 0 Å². The highest BCUT2D eigenvalue weighted by Gasteiger charge is 2.43. The van der Waals surface area contributed by atoms with E-state index in [2.05, 4.69) is 39.5 Å². The van der Waals surface area contributed by atoms with Gasteiger partial charge in [-0.25, -0.2) is 0 Å². The zero-order chi connectivity index (χ0) is 17.3. The molecule has 2 N–H and O–H groups in total. The first-order valence-corrected chi connectivity index (χ1v) is 10.3. The first kappa shape index (κ1) is 21.0. The quantitative estimate of drug-likeness (QED) is 0.480. The molecule has 0 aromatic carbocycles. The van der Waals surface area contributed by atoms with Gasteiger partial charge in [0, 0.05) is 17.1 Å². The average molecular weight is 325 g/mol. The summed E-state index contributed by atoms with van der Waals surface area (Å²) < 4.78 is 0. The molecule has 1 aliphatic rings. The van der Waals surface area contributed by atoms with E-state index in [1.807, 2.05) is 0 Å². The molecule has 0 spiro atoms. The molecule has 1 saturated heterocycles. The number of piperidine rings is 1. The predicted octanol–water partition coefficient (Wildman–Crippen LogP) is 5.89. The zero-order valence-electron chi connectivity index (χ0n) is 16.8. The van der Waals surface area contributed by atoms with Gasteiger partial charge in [0.25, 0.3) is 0 Å². The second-order valence-electron chi connectivity index (χ2n) is 9.13. The van der Waals surface area contributed by atoms with Gasteiger partial charge in [-0.15, -0.1) is 0 Å². The molecule has 0 aromatic rings. The average Bonchev–Trinajstić information content (AvgIpc) is 2.41. The highest BCUT2D eigenvalue weighted by molar-refractivity contribution is 5.01. The number of likely N-dealkylation sites (tertiary alicyclic amines) is 1. The molecule has 23 heavy (non-hydrogen) atoms. The summed E-state index contributed by atoms with van der Waals surface area (Å²) in [6, 6.07) is 0.365.